The Morgan fingerprint density at radius 3 is 1.65 bits per heavy atom. The molecule has 0 aliphatic carbocycles. The molecule has 0 aliphatic rings. The van der Waals surface area contributed by atoms with Gasteiger partial charge in [0.1, 0.15) is 7.60 Å². The zero-order chi connectivity index (χ0) is 15.9. The molecule has 0 saturated carbocycles. The third kappa shape index (κ3) is 7.51. The monoisotopic (exact) mass is 349 g/mol. The van der Waals surface area contributed by atoms with Crippen LogP contribution in [0.3, 0.4) is 0 Å². The van der Waals surface area contributed by atoms with Gasteiger partial charge in [-0.25, -0.2) is 4.31 Å². The molecule has 0 spiro atoms. The molecule has 0 amide bonds. The summed E-state index contributed by atoms with van der Waals surface area (Å²) in [6.45, 7) is 5.12. The van der Waals surface area contributed by atoms with E-state index in [0.717, 1.165) is 0 Å². The minimum Gasteiger partial charge on any atom is -0.778 e. The van der Waals surface area contributed by atoms with Crippen molar-refractivity contribution in [1.82, 2.24) is 0 Å². The molecule has 0 aromatic carbocycles. The van der Waals surface area contributed by atoms with Crippen LogP contribution < -0.4 is 4.89 Å². The second-order valence-electron chi connectivity index (χ2n) is 4.35. The average molecular weight is 349 g/mol. The fourth-order valence-corrected chi connectivity index (χ4v) is 8.32. The Balaban J connectivity index is 5.15. The molecule has 122 valence electrons. The molecule has 0 aliphatic heterocycles. The lowest BCUT2D eigenvalue weighted by Gasteiger charge is -2.29. The summed E-state index contributed by atoms with van der Waals surface area (Å²) in [5.74, 6) is 0. The van der Waals surface area contributed by atoms with Crippen LogP contribution in [-0.4, -0.2) is 25.6 Å². The molecule has 3 unspecified atom stereocenters. The van der Waals surface area contributed by atoms with E-state index < -0.39 is 22.8 Å². The molecule has 0 radical (unpaired) electrons. The van der Waals surface area contributed by atoms with Gasteiger partial charge in [-0.15, -0.1) is 0 Å². The zero-order valence-corrected chi connectivity index (χ0v) is 15.1. The van der Waals surface area contributed by atoms with Crippen molar-refractivity contribution < 1.29 is 31.7 Å². The Morgan fingerprint density at radius 1 is 0.800 bits per heavy atom. The summed E-state index contributed by atoms with van der Waals surface area (Å²) in [5, 5.41) is 0. The van der Waals surface area contributed by atoms with E-state index in [4.69, 9.17) is 13.1 Å². The molecule has 0 saturated heterocycles. The van der Waals surface area contributed by atoms with Crippen LogP contribution in [-0.2, 0) is 26.8 Å². The average Bonchev–Trinajstić information content (AvgIpc) is 2.27. The summed E-state index contributed by atoms with van der Waals surface area (Å²) in [7, 11) is -10.7. The van der Waals surface area contributed by atoms with E-state index in [9.17, 15) is 18.6 Å². The van der Waals surface area contributed by atoms with Crippen LogP contribution >= 0.6 is 22.8 Å². The number of hydrogen-bond acceptors (Lipinski definition) is 7. The molecule has 7 nitrogen and oxygen atoms in total. The summed E-state index contributed by atoms with van der Waals surface area (Å²) >= 11 is 0. The minimum absolute atomic E-state index is 0.0531. The quantitative estimate of drug-likeness (QED) is 0.522. The molecule has 0 aromatic rings. The highest BCUT2D eigenvalue weighted by Gasteiger charge is 2.37. The van der Waals surface area contributed by atoms with E-state index >= 15 is 0 Å². The second-order valence-corrected chi connectivity index (χ2v) is 11.0. The van der Waals surface area contributed by atoms with Crippen molar-refractivity contribution in [2.24, 2.45) is 0 Å². The maximum atomic E-state index is 12.5. The predicted octanol–water partition coefficient (Wildman–Crippen LogP) is 3.84. The molecule has 3 atom stereocenters. The summed E-state index contributed by atoms with van der Waals surface area (Å²) in [6.07, 6.45) is 0.886. The third-order valence-corrected chi connectivity index (χ3v) is 9.79. The first-order chi connectivity index (χ1) is 9.16. The van der Waals surface area contributed by atoms with Gasteiger partial charge in [0, 0.05) is 13.3 Å². The van der Waals surface area contributed by atoms with E-state index in [0.29, 0.717) is 19.3 Å². The molecule has 0 fully saturated rings. The lowest BCUT2D eigenvalue weighted by atomic mass is 10.6. The van der Waals surface area contributed by atoms with E-state index in [-0.39, 0.29) is 18.5 Å². The van der Waals surface area contributed by atoms with Crippen LogP contribution in [0.15, 0.2) is 0 Å². The van der Waals surface area contributed by atoms with Crippen molar-refractivity contribution in [2.75, 3.05) is 25.6 Å². The SMILES string of the molecule is CCCP(=O)([O-])OP(=O)(CCC)OP(=O)(CCC)OC. The number of rotatable bonds is 11. The Morgan fingerprint density at radius 2 is 1.25 bits per heavy atom. The van der Waals surface area contributed by atoms with E-state index in [2.05, 4.69) is 0 Å². The van der Waals surface area contributed by atoms with Crippen molar-refractivity contribution in [3.8, 4) is 0 Å². The maximum absolute atomic E-state index is 12.5. The molecule has 10 heteroatoms. The molecule has 0 rings (SSSR count). The van der Waals surface area contributed by atoms with Gasteiger partial charge in [-0.05, 0) is 19.3 Å². The summed E-state index contributed by atoms with van der Waals surface area (Å²) in [6, 6.07) is 0. The van der Waals surface area contributed by atoms with Crippen molar-refractivity contribution in [1.29, 1.82) is 0 Å². The van der Waals surface area contributed by atoms with Gasteiger partial charge < -0.3 is 14.0 Å². The van der Waals surface area contributed by atoms with E-state index in [1.807, 2.05) is 0 Å². The molecule has 0 N–H and O–H groups in total. The molecular formula is C10H24O7P3-. The van der Waals surface area contributed by atoms with Crippen LogP contribution in [0, 0.1) is 0 Å². The third-order valence-electron chi connectivity index (χ3n) is 2.27. The topological polar surface area (TPSA) is 102 Å². The van der Waals surface area contributed by atoms with Crippen molar-refractivity contribution in [3.63, 3.8) is 0 Å². The van der Waals surface area contributed by atoms with Gasteiger partial charge in [-0.3, -0.25) is 13.4 Å². The first kappa shape index (κ1) is 20.5. The Bertz CT molecular complexity index is 423. The molecule has 0 aromatic heterocycles. The zero-order valence-electron chi connectivity index (χ0n) is 12.4. The molecule has 0 heterocycles. The second kappa shape index (κ2) is 8.85. The van der Waals surface area contributed by atoms with Crippen molar-refractivity contribution in [2.45, 2.75) is 40.0 Å². The Kier molecular flexibility index (Phi) is 9.08. The predicted molar refractivity (Wildman–Crippen MR) is 77.5 cm³/mol. The van der Waals surface area contributed by atoms with Gasteiger partial charge >= 0.3 is 15.2 Å². The highest BCUT2D eigenvalue weighted by Crippen LogP contribution is 2.69. The first-order valence-electron chi connectivity index (χ1n) is 6.62. The van der Waals surface area contributed by atoms with Crippen LogP contribution in [0.2, 0.25) is 0 Å². The number of hydrogen-bond donors (Lipinski definition) is 0. The molecular weight excluding hydrogens is 325 g/mol. The minimum atomic E-state index is -4.27. The maximum Gasteiger partial charge on any atom is 0.342 e. The highest BCUT2D eigenvalue weighted by atomic mass is 31.3. The summed E-state index contributed by atoms with van der Waals surface area (Å²) < 4.78 is 50.9. The van der Waals surface area contributed by atoms with E-state index in [1.54, 1.807) is 20.8 Å². The Labute approximate surface area is 121 Å². The van der Waals surface area contributed by atoms with Gasteiger partial charge in [0.05, 0.1) is 12.3 Å². The normalized spacial score (nSPS) is 20.9. The highest BCUT2D eigenvalue weighted by molar-refractivity contribution is 7.72. The van der Waals surface area contributed by atoms with Crippen LogP contribution in [0.25, 0.3) is 0 Å². The van der Waals surface area contributed by atoms with Crippen molar-refractivity contribution in [3.05, 3.63) is 0 Å². The first-order valence-corrected chi connectivity index (χ1v) is 11.8. The lowest BCUT2D eigenvalue weighted by molar-refractivity contribution is -0.191. The van der Waals surface area contributed by atoms with E-state index in [1.165, 1.54) is 7.11 Å². The molecule has 0 bridgehead atoms. The fraction of sp³-hybridized carbons (Fsp3) is 1.00. The smallest absolute Gasteiger partial charge is 0.342 e. The van der Waals surface area contributed by atoms with Gasteiger partial charge in [-0.1, -0.05) is 20.8 Å². The Hall–Kier alpha value is 0.530. The summed E-state index contributed by atoms with van der Waals surface area (Å²) in [5.41, 5.74) is 0. The standard InChI is InChI=1S/C10H25O7P3/c1-5-8-18(11,12)16-20(14,10-7-3)17-19(13,15-4)9-6-2/h5-10H2,1-4H3,(H,11,12)/p-1. The van der Waals surface area contributed by atoms with Crippen LogP contribution in [0.5, 0.6) is 0 Å². The largest absolute Gasteiger partial charge is 0.778 e. The fourth-order valence-electron chi connectivity index (χ4n) is 1.50. The molecule has 20 heavy (non-hydrogen) atoms. The van der Waals surface area contributed by atoms with Gasteiger partial charge in [0.15, 0.2) is 0 Å². The lowest BCUT2D eigenvalue weighted by Crippen LogP contribution is -2.10. The van der Waals surface area contributed by atoms with Gasteiger partial charge in [-0.2, -0.15) is 0 Å². The summed E-state index contributed by atoms with van der Waals surface area (Å²) in [4.78, 5) is 11.7. The van der Waals surface area contributed by atoms with Gasteiger partial charge in [0.25, 0.3) is 0 Å². The van der Waals surface area contributed by atoms with Gasteiger partial charge in [0.2, 0.25) is 0 Å². The van der Waals surface area contributed by atoms with Crippen LogP contribution in [0.4, 0.5) is 0 Å². The van der Waals surface area contributed by atoms with Crippen molar-refractivity contribution >= 4 is 22.8 Å². The van der Waals surface area contributed by atoms with Crippen LogP contribution in [0.1, 0.15) is 40.0 Å².